The Kier molecular flexibility index (Phi) is 7.02. The second-order valence-corrected chi connectivity index (χ2v) is 8.55. The van der Waals surface area contributed by atoms with Gasteiger partial charge in [0.2, 0.25) is 0 Å². The Morgan fingerprint density at radius 2 is 1.66 bits per heavy atom. The molecule has 3 N–H and O–H groups in total. The Labute approximate surface area is 174 Å². The third kappa shape index (κ3) is 6.05. The first-order chi connectivity index (χ1) is 13.5. The molecule has 0 aliphatic rings. The summed E-state index contributed by atoms with van der Waals surface area (Å²) in [4.78, 5) is 35.9. The molecule has 156 valence electrons. The van der Waals surface area contributed by atoms with E-state index >= 15 is 0 Å². The third-order valence-corrected chi connectivity index (χ3v) is 5.02. The maximum absolute atomic E-state index is 12.3. The fourth-order valence-corrected chi connectivity index (χ4v) is 3.22. The van der Waals surface area contributed by atoms with Crippen LogP contribution in [-0.2, 0) is 19.7 Å². The van der Waals surface area contributed by atoms with Gasteiger partial charge in [0, 0.05) is 0 Å². The molecule has 0 saturated carbocycles. The minimum atomic E-state index is -1.07. The zero-order valence-electron chi connectivity index (χ0n) is 17.1. The van der Waals surface area contributed by atoms with Gasteiger partial charge in [-0.2, -0.15) is 0 Å². The molecule has 2 rings (SSSR count). The first kappa shape index (κ1) is 22.4. The number of ether oxygens (including phenoxy) is 2. The van der Waals surface area contributed by atoms with Crippen LogP contribution in [0.1, 0.15) is 50.5 Å². The molecule has 0 saturated heterocycles. The van der Waals surface area contributed by atoms with Gasteiger partial charge < -0.3 is 20.5 Å². The summed E-state index contributed by atoms with van der Waals surface area (Å²) < 4.78 is 10.8. The van der Waals surface area contributed by atoms with Crippen molar-refractivity contribution >= 4 is 34.1 Å². The Bertz CT molecular complexity index is 883. The first-order valence-electron chi connectivity index (χ1n) is 9.15. The normalized spacial score (nSPS) is 13.3. The number of carbonyl (C=O) groups excluding carboxylic acids is 3. The lowest BCUT2D eigenvalue weighted by atomic mass is 9.87. The summed E-state index contributed by atoms with van der Waals surface area (Å²) >= 11 is 1.16. The lowest BCUT2D eigenvalue weighted by molar-refractivity contribution is -0.159. The molecule has 0 spiro atoms. The van der Waals surface area contributed by atoms with Crippen LogP contribution >= 0.6 is 11.3 Å². The zero-order chi connectivity index (χ0) is 21.8. The van der Waals surface area contributed by atoms with Gasteiger partial charge in [-0.15, -0.1) is 11.3 Å². The second kappa shape index (κ2) is 9.09. The Morgan fingerprint density at radius 1 is 1.03 bits per heavy atom. The molecule has 0 unspecified atom stereocenters. The van der Waals surface area contributed by atoms with Gasteiger partial charge in [0.25, 0.3) is 11.8 Å². The van der Waals surface area contributed by atoms with Crippen molar-refractivity contribution in [1.29, 1.82) is 0 Å². The van der Waals surface area contributed by atoms with Gasteiger partial charge in [0.1, 0.15) is 10.8 Å². The fourth-order valence-electron chi connectivity index (χ4n) is 2.42. The van der Waals surface area contributed by atoms with E-state index in [9.17, 15) is 14.4 Å². The number of esters is 1. The minimum Gasteiger partial charge on any atom is -0.479 e. The Morgan fingerprint density at radius 3 is 2.21 bits per heavy atom. The molecule has 0 aliphatic carbocycles. The number of nitrogens with one attached hydrogen (secondary N) is 1. The number of thiophene rings is 1. The van der Waals surface area contributed by atoms with Gasteiger partial charge in [0.15, 0.2) is 12.2 Å². The van der Waals surface area contributed by atoms with Gasteiger partial charge in [-0.25, -0.2) is 4.79 Å². The summed E-state index contributed by atoms with van der Waals surface area (Å²) in [5.41, 5.74) is 6.62. The molecule has 29 heavy (non-hydrogen) atoms. The molecule has 2 atom stereocenters. The van der Waals surface area contributed by atoms with E-state index in [4.69, 9.17) is 15.2 Å². The van der Waals surface area contributed by atoms with E-state index in [1.54, 1.807) is 24.4 Å². The quantitative estimate of drug-likeness (QED) is 0.669. The topological polar surface area (TPSA) is 108 Å². The van der Waals surface area contributed by atoms with E-state index in [2.05, 4.69) is 26.1 Å². The molecule has 2 amide bonds. The number of nitrogens with two attached hydrogens (primary N) is 1. The smallest absolute Gasteiger partial charge is 0.347 e. The number of hydrogen-bond acceptors (Lipinski definition) is 6. The lowest BCUT2D eigenvalue weighted by Gasteiger charge is -2.20. The summed E-state index contributed by atoms with van der Waals surface area (Å²) in [6, 6.07) is 8.99. The Balaban J connectivity index is 1.92. The number of primary amides is 1. The number of hydrogen-bond donors (Lipinski definition) is 2. The van der Waals surface area contributed by atoms with Crippen LogP contribution in [0.3, 0.4) is 0 Å². The maximum Gasteiger partial charge on any atom is 0.347 e. The van der Waals surface area contributed by atoms with Gasteiger partial charge in [-0.05, 0) is 48.4 Å². The van der Waals surface area contributed by atoms with Crippen molar-refractivity contribution in [2.45, 2.75) is 52.2 Å². The van der Waals surface area contributed by atoms with Gasteiger partial charge >= 0.3 is 5.97 Å². The van der Waals surface area contributed by atoms with E-state index in [1.807, 2.05) is 12.1 Å². The summed E-state index contributed by atoms with van der Waals surface area (Å²) in [5.74, 6) is -1.35. The van der Waals surface area contributed by atoms with E-state index in [-0.39, 0.29) is 11.0 Å². The molecule has 0 radical (unpaired) electrons. The van der Waals surface area contributed by atoms with Crippen molar-refractivity contribution in [2.75, 3.05) is 5.32 Å². The van der Waals surface area contributed by atoms with Gasteiger partial charge in [-0.3, -0.25) is 9.59 Å². The van der Waals surface area contributed by atoms with Crippen molar-refractivity contribution in [3.63, 3.8) is 0 Å². The predicted molar refractivity (Wildman–Crippen MR) is 112 cm³/mol. The average Bonchev–Trinajstić information content (AvgIpc) is 3.09. The van der Waals surface area contributed by atoms with E-state index in [1.165, 1.54) is 13.0 Å². The summed E-state index contributed by atoms with van der Waals surface area (Å²) in [6.07, 6.45) is -1.96. The van der Waals surface area contributed by atoms with Crippen molar-refractivity contribution in [2.24, 2.45) is 5.73 Å². The molecular formula is C21H26N2O5S. The molecule has 0 fully saturated rings. The number of carbonyl (C=O) groups is 3. The average molecular weight is 419 g/mol. The van der Waals surface area contributed by atoms with Crippen molar-refractivity contribution < 1.29 is 23.9 Å². The SMILES string of the molecule is C[C@H](OC(=O)[C@@H](C)Oc1ccc(C(C)(C)C)cc1)C(=O)Nc1sccc1C(N)=O. The molecule has 1 heterocycles. The van der Waals surface area contributed by atoms with E-state index < -0.39 is 30.0 Å². The number of rotatable bonds is 7. The fraction of sp³-hybridized carbons (Fsp3) is 0.381. The van der Waals surface area contributed by atoms with E-state index in [0.29, 0.717) is 10.8 Å². The van der Waals surface area contributed by atoms with Gasteiger partial charge in [-0.1, -0.05) is 32.9 Å². The first-order valence-corrected chi connectivity index (χ1v) is 10.0. The van der Waals surface area contributed by atoms with Crippen LogP contribution in [0.4, 0.5) is 5.00 Å². The molecule has 1 aromatic carbocycles. The molecule has 1 aromatic heterocycles. The molecular weight excluding hydrogens is 392 g/mol. The van der Waals surface area contributed by atoms with Gasteiger partial charge in [0.05, 0.1) is 5.56 Å². The number of anilines is 1. The van der Waals surface area contributed by atoms with Crippen molar-refractivity contribution in [3.8, 4) is 5.75 Å². The third-order valence-electron chi connectivity index (χ3n) is 4.19. The summed E-state index contributed by atoms with van der Waals surface area (Å²) in [5, 5.41) is 4.49. The standard InChI is InChI=1S/C21H26N2O5S/c1-12(18(25)23-19-16(17(22)24)10-11-29-19)28-20(26)13(2)27-15-8-6-14(7-9-15)21(3,4)5/h6-13H,1-5H3,(H2,22,24)(H,23,25)/t12-,13+/m0/s1. The molecule has 8 heteroatoms. The van der Waals surface area contributed by atoms with Crippen LogP contribution in [0.15, 0.2) is 35.7 Å². The summed E-state index contributed by atoms with van der Waals surface area (Å²) in [7, 11) is 0. The van der Waals surface area contributed by atoms with Crippen LogP contribution in [-0.4, -0.2) is 30.0 Å². The Hall–Kier alpha value is -2.87. The second-order valence-electron chi connectivity index (χ2n) is 7.63. The van der Waals surface area contributed by atoms with Crippen molar-refractivity contribution in [1.82, 2.24) is 0 Å². The number of amides is 2. The van der Waals surface area contributed by atoms with Crippen LogP contribution < -0.4 is 15.8 Å². The van der Waals surface area contributed by atoms with Crippen molar-refractivity contribution in [3.05, 3.63) is 46.8 Å². The molecule has 2 aromatic rings. The monoisotopic (exact) mass is 418 g/mol. The number of benzene rings is 1. The van der Waals surface area contributed by atoms with Crippen LogP contribution in [0.25, 0.3) is 0 Å². The van der Waals surface area contributed by atoms with Crippen LogP contribution in [0.5, 0.6) is 5.75 Å². The highest BCUT2D eigenvalue weighted by Crippen LogP contribution is 2.25. The zero-order valence-corrected chi connectivity index (χ0v) is 18.0. The van der Waals surface area contributed by atoms with Crippen LogP contribution in [0.2, 0.25) is 0 Å². The largest absolute Gasteiger partial charge is 0.479 e. The minimum absolute atomic E-state index is 0.0167. The molecule has 7 nitrogen and oxygen atoms in total. The highest BCUT2D eigenvalue weighted by molar-refractivity contribution is 7.14. The predicted octanol–water partition coefficient (Wildman–Crippen LogP) is 3.48. The highest BCUT2D eigenvalue weighted by atomic mass is 32.1. The summed E-state index contributed by atoms with van der Waals surface area (Å²) in [6.45, 7) is 9.32. The van der Waals surface area contributed by atoms with E-state index in [0.717, 1.165) is 16.9 Å². The lowest BCUT2D eigenvalue weighted by Crippen LogP contribution is -2.35. The highest BCUT2D eigenvalue weighted by Gasteiger charge is 2.24. The molecule has 0 aliphatic heterocycles. The maximum atomic E-state index is 12.3. The molecule has 0 bridgehead atoms. The van der Waals surface area contributed by atoms with Crippen LogP contribution in [0, 0.1) is 0 Å².